The van der Waals surface area contributed by atoms with Gasteiger partial charge < -0.3 is 25.0 Å². The Labute approximate surface area is 261 Å². The molecule has 2 N–H and O–H groups in total. The summed E-state index contributed by atoms with van der Waals surface area (Å²) >= 11 is 1.41. The van der Waals surface area contributed by atoms with Gasteiger partial charge in [0.1, 0.15) is 23.1 Å². The van der Waals surface area contributed by atoms with E-state index >= 15 is 0 Å². The van der Waals surface area contributed by atoms with E-state index in [1.54, 1.807) is 51.1 Å². The smallest absolute Gasteiger partial charge is 0.408 e. The number of fused-ring (bicyclic) bond motifs is 1. The van der Waals surface area contributed by atoms with E-state index in [0.29, 0.717) is 16.9 Å². The van der Waals surface area contributed by atoms with E-state index in [1.165, 1.54) is 16.7 Å². The molecule has 2 aliphatic rings. The zero-order valence-electron chi connectivity index (χ0n) is 24.8. The third-order valence-corrected chi connectivity index (χ3v) is 8.58. The number of nitrogens with one attached hydrogen (secondary N) is 2. The third kappa shape index (κ3) is 6.81. The van der Waals surface area contributed by atoms with Gasteiger partial charge in [0, 0.05) is 5.75 Å². The third-order valence-electron chi connectivity index (χ3n) is 7.20. The number of nitrogens with zero attached hydrogens (tertiary/aromatic N) is 1. The predicted molar refractivity (Wildman–Crippen MR) is 167 cm³/mol. The number of hydrogen-bond acceptors (Lipinski definition) is 7. The van der Waals surface area contributed by atoms with Crippen LogP contribution in [-0.4, -0.2) is 57.6 Å². The van der Waals surface area contributed by atoms with Crippen LogP contribution in [0.2, 0.25) is 0 Å². The zero-order valence-corrected chi connectivity index (χ0v) is 25.6. The minimum atomic E-state index is -1.10. The summed E-state index contributed by atoms with van der Waals surface area (Å²) in [6.07, 6.45) is -1.44. The van der Waals surface area contributed by atoms with Crippen LogP contribution < -0.4 is 10.6 Å². The quantitative estimate of drug-likeness (QED) is 0.211. The molecule has 5 rings (SSSR count). The fraction of sp³-hybridized carbons (Fsp3) is 0.294. The molecule has 0 spiro atoms. The number of thioether (sulfide) groups is 1. The number of rotatable bonds is 8. The molecule has 228 valence electrons. The molecule has 0 bridgehead atoms. The molecule has 4 atom stereocenters. The lowest BCUT2D eigenvalue weighted by atomic mass is 9.97. The van der Waals surface area contributed by atoms with Gasteiger partial charge in [-0.05, 0) is 43.0 Å². The molecule has 2 fully saturated rings. The number of ether oxygens (including phenoxy) is 2. The molecule has 10 heteroatoms. The number of carbonyl (C=O) groups excluding carboxylic acids is 4. The molecule has 0 aliphatic carbocycles. The molecule has 2 heterocycles. The summed E-state index contributed by atoms with van der Waals surface area (Å²) in [7, 11) is 0. The fourth-order valence-corrected chi connectivity index (χ4v) is 6.50. The Balaban J connectivity index is 1.32. The summed E-state index contributed by atoms with van der Waals surface area (Å²) in [6, 6.07) is 24.5. The first-order valence-electron chi connectivity index (χ1n) is 14.3. The first-order valence-corrected chi connectivity index (χ1v) is 15.3. The van der Waals surface area contributed by atoms with Gasteiger partial charge in [0.15, 0.2) is 12.1 Å². The van der Waals surface area contributed by atoms with Gasteiger partial charge in [0.05, 0.1) is 0 Å². The molecule has 0 radical (unpaired) electrons. The Kier molecular flexibility index (Phi) is 9.10. The molecule has 3 amide bonds. The van der Waals surface area contributed by atoms with Crippen molar-refractivity contribution in [1.82, 2.24) is 15.5 Å². The van der Waals surface area contributed by atoms with Crippen molar-refractivity contribution >= 4 is 35.6 Å². The van der Waals surface area contributed by atoms with Gasteiger partial charge in [0.2, 0.25) is 11.8 Å². The van der Waals surface area contributed by atoms with Gasteiger partial charge in [-0.2, -0.15) is 0 Å². The van der Waals surface area contributed by atoms with E-state index < -0.39 is 59.1 Å². The van der Waals surface area contributed by atoms with Crippen LogP contribution in [-0.2, 0) is 23.9 Å². The maximum absolute atomic E-state index is 13.7. The van der Waals surface area contributed by atoms with Crippen molar-refractivity contribution in [3.8, 4) is 0 Å². The maximum Gasteiger partial charge on any atom is 0.408 e. The van der Waals surface area contributed by atoms with Crippen molar-refractivity contribution < 1.29 is 28.7 Å². The van der Waals surface area contributed by atoms with Crippen molar-refractivity contribution in [3.05, 3.63) is 120 Å². The standard InChI is InChI=1S/C34H35N3O6S/c1-21-20-44-31-26(35-29(38)25(22-14-8-5-9-15-22)36-33(41)43-34(2,3)4)30(39)37(31)27(21)32(40)42-28(23-16-10-6-11-17-23)24-18-12-7-13-19-24/h5-19,25-28,31H,1,20H2,2-4H3,(H,35,38)(H,36,41). The number of hydrogen-bond donors (Lipinski definition) is 2. The second kappa shape index (κ2) is 13.0. The average Bonchev–Trinajstić information content (AvgIpc) is 3.01. The molecule has 9 nitrogen and oxygen atoms in total. The van der Waals surface area contributed by atoms with Gasteiger partial charge in [0.25, 0.3) is 0 Å². The van der Waals surface area contributed by atoms with Crippen molar-refractivity contribution in [3.63, 3.8) is 0 Å². The molecule has 3 aromatic rings. The van der Waals surface area contributed by atoms with Crippen LogP contribution >= 0.6 is 11.8 Å². The monoisotopic (exact) mass is 613 g/mol. The summed E-state index contributed by atoms with van der Waals surface area (Å²) in [6.45, 7) is 9.25. The van der Waals surface area contributed by atoms with Crippen LogP contribution in [0.3, 0.4) is 0 Å². The van der Waals surface area contributed by atoms with E-state index in [4.69, 9.17) is 9.47 Å². The summed E-state index contributed by atoms with van der Waals surface area (Å²) in [5.74, 6) is -1.19. The maximum atomic E-state index is 13.7. The van der Waals surface area contributed by atoms with Crippen molar-refractivity contribution in [2.75, 3.05) is 5.75 Å². The number of esters is 1. The highest BCUT2D eigenvalue weighted by Crippen LogP contribution is 2.41. The second-order valence-corrected chi connectivity index (χ2v) is 12.7. The summed E-state index contributed by atoms with van der Waals surface area (Å²) in [5.41, 5.74) is 1.89. The number of amides is 3. The highest BCUT2D eigenvalue weighted by molar-refractivity contribution is 8.00. The summed E-state index contributed by atoms with van der Waals surface area (Å²) < 4.78 is 11.4. The highest BCUT2D eigenvalue weighted by Gasteiger charge is 2.57. The van der Waals surface area contributed by atoms with E-state index in [0.717, 1.165) is 11.1 Å². The lowest BCUT2D eigenvalue weighted by Crippen LogP contribution is -2.75. The lowest BCUT2D eigenvalue weighted by Gasteiger charge is -2.53. The normalized spacial score (nSPS) is 20.2. The first-order chi connectivity index (χ1) is 21.0. The largest absolute Gasteiger partial charge is 0.451 e. The molecule has 0 saturated carbocycles. The van der Waals surface area contributed by atoms with Crippen molar-refractivity contribution in [2.24, 2.45) is 0 Å². The number of benzene rings is 3. The molecule has 0 aromatic heterocycles. The summed E-state index contributed by atoms with van der Waals surface area (Å²) in [5, 5.41) is 4.91. The molecule has 44 heavy (non-hydrogen) atoms. The Morgan fingerprint density at radius 2 is 1.41 bits per heavy atom. The van der Waals surface area contributed by atoms with E-state index in [9.17, 15) is 19.2 Å². The Bertz CT molecular complexity index is 1490. The van der Waals surface area contributed by atoms with E-state index in [1.807, 2.05) is 60.7 Å². The van der Waals surface area contributed by atoms with Gasteiger partial charge in [-0.25, -0.2) is 9.59 Å². The number of carbonyl (C=O) groups is 4. The molecule has 2 aliphatic heterocycles. The second-order valence-electron chi connectivity index (χ2n) is 11.6. The lowest BCUT2D eigenvalue weighted by molar-refractivity contribution is -0.165. The van der Waals surface area contributed by atoms with Gasteiger partial charge >= 0.3 is 12.1 Å². The molecular weight excluding hydrogens is 578 g/mol. The van der Waals surface area contributed by atoms with E-state index in [-0.39, 0.29) is 0 Å². The van der Waals surface area contributed by atoms with Crippen LogP contribution in [0, 0.1) is 0 Å². The summed E-state index contributed by atoms with van der Waals surface area (Å²) in [4.78, 5) is 54.8. The van der Waals surface area contributed by atoms with Gasteiger partial charge in [-0.3, -0.25) is 9.59 Å². The Hall–Kier alpha value is -4.57. The average molecular weight is 614 g/mol. The minimum Gasteiger partial charge on any atom is -0.451 e. The van der Waals surface area contributed by atoms with Crippen molar-refractivity contribution in [1.29, 1.82) is 0 Å². The topological polar surface area (TPSA) is 114 Å². The van der Waals surface area contributed by atoms with Gasteiger partial charge in [-0.1, -0.05) is 97.6 Å². The van der Waals surface area contributed by atoms with Gasteiger partial charge in [-0.15, -0.1) is 11.8 Å². The molecular formula is C34H35N3O6S. The van der Waals surface area contributed by atoms with E-state index in [2.05, 4.69) is 17.2 Å². The van der Waals surface area contributed by atoms with Crippen LogP contribution in [0.1, 0.15) is 49.6 Å². The highest BCUT2D eigenvalue weighted by atomic mass is 32.2. The van der Waals surface area contributed by atoms with Crippen LogP contribution in [0.15, 0.2) is 103 Å². The van der Waals surface area contributed by atoms with Crippen molar-refractivity contribution in [2.45, 2.75) is 56.0 Å². The Morgan fingerprint density at radius 1 is 0.886 bits per heavy atom. The van der Waals surface area contributed by atoms with Crippen LogP contribution in [0.4, 0.5) is 4.79 Å². The Morgan fingerprint density at radius 3 is 1.93 bits per heavy atom. The molecule has 3 aromatic carbocycles. The SMILES string of the molecule is C=C1CSC2C(NC(=O)C(NC(=O)OC(C)(C)C)c3ccccc3)C(=O)N2C1C(=O)OC(c1ccccc1)c1ccccc1. The van der Waals surface area contributed by atoms with Crippen LogP contribution in [0.25, 0.3) is 0 Å². The number of β-lactam (4-membered cyclic amide) rings is 1. The predicted octanol–water partition coefficient (Wildman–Crippen LogP) is 4.91. The number of alkyl carbamates (subject to hydrolysis) is 1. The molecule has 2 saturated heterocycles. The molecule has 4 unspecified atom stereocenters. The van der Waals surface area contributed by atoms with Crippen LogP contribution in [0.5, 0.6) is 0 Å². The fourth-order valence-electron chi connectivity index (χ4n) is 5.19. The minimum absolute atomic E-state index is 0.403. The zero-order chi connectivity index (χ0) is 31.4. The first kappa shape index (κ1) is 30.9.